The Balaban J connectivity index is 1.42. The maximum atomic E-state index is 12.2. The van der Waals surface area contributed by atoms with Gasteiger partial charge in [-0.15, -0.1) is 0 Å². The molecule has 3 N–H and O–H groups in total. The molecule has 0 saturated heterocycles. The number of benzene rings is 3. The number of anilines is 2. The molecule has 0 unspecified atom stereocenters. The highest BCUT2D eigenvalue weighted by Crippen LogP contribution is 2.20. The van der Waals surface area contributed by atoms with Gasteiger partial charge in [0.15, 0.2) is 6.61 Å². The van der Waals surface area contributed by atoms with Gasteiger partial charge in [-0.25, -0.2) is 5.43 Å². The normalized spacial score (nSPS) is 10.4. The van der Waals surface area contributed by atoms with Crippen LogP contribution in [0.1, 0.15) is 11.1 Å². The predicted octanol–water partition coefficient (Wildman–Crippen LogP) is 4.32. The van der Waals surface area contributed by atoms with E-state index in [9.17, 15) is 14.4 Å². The molecule has 0 atom stereocenters. The summed E-state index contributed by atoms with van der Waals surface area (Å²) < 4.78 is 10.9. The lowest BCUT2D eigenvalue weighted by atomic mass is 10.2. The van der Waals surface area contributed by atoms with Crippen LogP contribution in [-0.4, -0.2) is 37.1 Å². The summed E-state index contributed by atoms with van der Waals surface area (Å²) in [6.07, 6.45) is 2.99. The third-order valence-corrected chi connectivity index (χ3v) is 5.02. The summed E-state index contributed by atoms with van der Waals surface area (Å²) in [5, 5.41) is 9.53. The summed E-state index contributed by atoms with van der Waals surface area (Å²) >= 11 is 5.97. The zero-order valence-corrected chi connectivity index (χ0v) is 20.7. The predicted molar refractivity (Wildman–Crippen MR) is 143 cm³/mol. The first-order chi connectivity index (χ1) is 17.8. The fraction of sp³-hybridized carbons (Fsp3) is 0.111. The van der Waals surface area contributed by atoms with Crippen LogP contribution >= 0.6 is 11.6 Å². The molecular formula is C27H25ClN4O5. The first-order valence-electron chi connectivity index (χ1n) is 11.1. The Kier molecular flexibility index (Phi) is 9.81. The minimum Gasteiger partial charge on any atom is -0.490 e. The fourth-order valence-electron chi connectivity index (χ4n) is 2.91. The average molecular weight is 521 g/mol. The quantitative estimate of drug-likeness (QED) is 0.159. The van der Waals surface area contributed by atoms with Crippen LogP contribution in [0.25, 0.3) is 0 Å². The number of ether oxygens (including phenoxy) is 2. The van der Waals surface area contributed by atoms with Crippen LogP contribution in [0.3, 0.4) is 0 Å². The lowest BCUT2D eigenvalue weighted by Gasteiger charge is -2.10. The zero-order chi connectivity index (χ0) is 26.6. The Morgan fingerprint density at radius 1 is 0.919 bits per heavy atom. The SMILES string of the molecule is C=CCOc1ccc(NC(=O)C(=O)N/N=C\c2ccc(OCC(=O)Nc3cc(Cl)ccc3C)cc2)cc1. The number of nitrogens with one attached hydrogen (secondary N) is 3. The number of amides is 3. The highest BCUT2D eigenvalue weighted by molar-refractivity contribution is 6.39. The number of halogens is 1. The van der Waals surface area contributed by atoms with Crippen molar-refractivity contribution in [2.24, 2.45) is 5.10 Å². The van der Waals surface area contributed by atoms with E-state index >= 15 is 0 Å². The van der Waals surface area contributed by atoms with Crippen molar-refractivity contribution >= 4 is 46.9 Å². The largest absolute Gasteiger partial charge is 0.490 e. The third kappa shape index (κ3) is 8.83. The summed E-state index contributed by atoms with van der Waals surface area (Å²) in [7, 11) is 0. The maximum absolute atomic E-state index is 12.2. The summed E-state index contributed by atoms with van der Waals surface area (Å²) in [4.78, 5) is 36.2. The van der Waals surface area contributed by atoms with Crippen LogP contribution in [0.5, 0.6) is 11.5 Å². The molecule has 0 aromatic heterocycles. The molecule has 37 heavy (non-hydrogen) atoms. The van der Waals surface area contributed by atoms with Gasteiger partial charge in [0.2, 0.25) is 0 Å². The molecule has 0 bridgehead atoms. The summed E-state index contributed by atoms with van der Waals surface area (Å²) in [5.41, 5.74) is 4.74. The molecule has 3 rings (SSSR count). The molecule has 3 amide bonds. The lowest BCUT2D eigenvalue weighted by molar-refractivity contribution is -0.136. The second kappa shape index (κ2) is 13.5. The Morgan fingerprint density at radius 2 is 1.59 bits per heavy atom. The van der Waals surface area contributed by atoms with Crippen LogP contribution in [0, 0.1) is 6.92 Å². The highest BCUT2D eigenvalue weighted by Gasteiger charge is 2.13. The Bertz CT molecular complexity index is 1290. The summed E-state index contributed by atoms with van der Waals surface area (Å²) in [5.74, 6) is -1.04. The lowest BCUT2D eigenvalue weighted by Crippen LogP contribution is -2.32. The third-order valence-electron chi connectivity index (χ3n) is 4.79. The maximum Gasteiger partial charge on any atom is 0.329 e. The molecule has 0 radical (unpaired) electrons. The highest BCUT2D eigenvalue weighted by atomic mass is 35.5. The van der Waals surface area contributed by atoms with E-state index in [0.29, 0.717) is 40.1 Å². The number of hydrogen-bond donors (Lipinski definition) is 3. The van der Waals surface area contributed by atoms with Crippen molar-refractivity contribution in [3.8, 4) is 11.5 Å². The van der Waals surface area contributed by atoms with Gasteiger partial charge < -0.3 is 20.1 Å². The van der Waals surface area contributed by atoms with Crippen molar-refractivity contribution in [2.75, 3.05) is 23.8 Å². The van der Waals surface area contributed by atoms with Gasteiger partial charge in [0, 0.05) is 16.4 Å². The Hall–Kier alpha value is -4.63. The minimum absolute atomic E-state index is 0.185. The van der Waals surface area contributed by atoms with Crippen LogP contribution < -0.4 is 25.5 Å². The van der Waals surface area contributed by atoms with E-state index in [1.807, 2.05) is 13.0 Å². The summed E-state index contributed by atoms with van der Waals surface area (Å²) in [6.45, 7) is 5.61. The number of carbonyl (C=O) groups excluding carboxylic acids is 3. The van der Waals surface area contributed by atoms with Crippen molar-refractivity contribution in [3.05, 3.63) is 95.5 Å². The van der Waals surface area contributed by atoms with Gasteiger partial charge in [0.25, 0.3) is 5.91 Å². The van der Waals surface area contributed by atoms with Gasteiger partial charge in [0.1, 0.15) is 18.1 Å². The standard InChI is InChI=1S/C27H25ClN4O5/c1-3-14-36-22-12-8-21(9-13-22)30-26(34)27(35)32-29-16-19-5-10-23(11-6-19)37-17-25(33)31-24-15-20(28)7-4-18(24)2/h3-13,15-16H,1,14,17H2,2H3,(H,30,34)(H,31,33)(H,32,35)/b29-16-. The van der Waals surface area contributed by atoms with E-state index in [-0.39, 0.29) is 12.5 Å². The van der Waals surface area contributed by atoms with Gasteiger partial charge in [-0.05, 0) is 78.7 Å². The number of hydrazone groups is 1. The molecule has 10 heteroatoms. The van der Waals surface area contributed by atoms with Crippen LogP contribution in [-0.2, 0) is 14.4 Å². The van der Waals surface area contributed by atoms with Gasteiger partial charge >= 0.3 is 11.8 Å². The molecule has 3 aromatic rings. The first-order valence-corrected chi connectivity index (χ1v) is 11.5. The van der Waals surface area contributed by atoms with E-state index < -0.39 is 11.8 Å². The van der Waals surface area contributed by atoms with Gasteiger partial charge in [-0.1, -0.05) is 30.3 Å². The molecular weight excluding hydrogens is 496 g/mol. The van der Waals surface area contributed by atoms with Crippen LogP contribution in [0.15, 0.2) is 84.5 Å². The van der Waals surface area contributed by atoms with E-state index in [2.05, 4.69) is 27.7 Å². The number of aryl methyl sites for hydroxylation is 1. The van der Waals surface area contributed by atoms with E-state index in [1.54, 1.807) is 66.7 Å². The molecule has 0 heterocycles. The molecule has 0 spiro atoms. The fourth-order valence-corrected chi connectivity index (χ4v) is 3.08. The van der Waals surface area contributed by atoms with Crippen LogP contribution in [0.4, 0.5) is 11.4 Å². The first kappa shape index (κ1) is 27.0. The Morgan fingerprint density at radius 3 is 2.30 bits per heavy atom. The number of carbonyl (C=O) groups is 3. The second-order valence-electron chi connectivity index (χ2n) is 7.64. The van der Waals surface area contributed by atoms with Gasteiger partial charge in [-0.2, -0.15) is 5.10 Å². The zero-order valence-electron chi connectivity index (χ0n) is 20.0. The molecule has 190 valence electrons. The molecule has 9 nitrogen and oxygen atoms in total. The summed E-state index contributed by atoms with van der Waals surface area (Å²) in [6, 6.07) is 18.4. The van der Waals surface area contributed by atoms with E-state index in [0.717, 1.165) is 5.56 Å². The molecule has 0 saturated carbocycles. The minimum atomic E-state index is -0.927. The average Bonchev–Trinajstić information content (AvgIpc) is 2.90. The van der Waals surface area contributed by atoms with E-state index in [4.69, 9.17) is 21.1 Å². The van der Waals surface area contributed by atoms with Crippen molar-refractivity contribution in [1.82, 2.24) is 5.43 Å². The smallest absolute Gasteiger partial charge is 0.329 e. The van der Waals surface area contributed by atoms with Crippen molar-refractivity contribution < 1.29 is 23.9 Å². The van der Waals surface area contributed by atoms with Crippen LogP contribution in [0.2, 0.25) is 5.02 Å². The molecule has 3 aromatic carbocycles. The van der Waals surface area contributed by atoms with Gasteiger partial charge in [0.05, 0.1) is 6.21 Å². The Labute approximate surface area is 219 Å². The molecule has 0 aliphatic carbocycles. The molecule has 0 aliphatic rings. The molecule has 0 fully saturated rings. The second-order valence-corrected chi connectivity index (χ2v) is 8.08. The number of hydrogen-bond acceptors (Lipinski definition) is 6. The van der Waals surface area contributed by atoms with Gasteiger partial charge in [-0.3, -0.25) is 14.4 Å². The monoisotopic (exact) mass is 520 g/mol. The van der Waals surface area contributed by atoms with E-state index in [1.165, 1.54) is 6.21 Å². The van der Waals surface area contributed by atoms with Crippen molar-refractivity contribution in [3.63, 3.8) is 0 Å². The number of rotatable bonds is 10. The topological polar surface area (TPSA) is 118 Å². The number of nitrogens with zero attached hydrogens (tertiary/aromatic N) is 1. The molecule has 0 aliphatic heterocycles. The van der Waals surface area contributed by atoms with Crippen molar-refractivity contribution in [2.45, 2.75) is 6.92 Å². The van der Waals surface area contributed by atoms with Crippen molar-refractivity contribution in [1.29, 1.82) is 0 Å².